The molecular formula is C43H48N2S3. The standard InChI is InChI=1S/C43H48N2S3/c1-5-7-9-11-12-14-26-43(25-13-10-8-6-2)36-27-29(3)15-18-32(36)33-19-17-31(28-37(33)43)38-23-24-40(47-38)35-21-20-34(39-22-16-30(4)46-39)41-42(35)45-48-44-41/h15-24,27-28H,5-14,25-26H2,1-4H3. The van der Waals surface area contributed by atoms with Crippen molar-refractivity contribution in [3.05, 3.63) is 94.4 Å². The molecule has 3 heterocycles. The number of aromatic nitrogens is 2. The Labute approximate surface area is 299 Å². The molecule has 0 amide bonds. The molecule has 0 saturated heterocycles. The molecule has 0 bridgehead atoms. The summed E-state index contributed by atoms with van der Waals surface area (Å²) >= 11 is 5.03. The van der Waals surface area contributed by atoms with Crippen LogP contribution in [0.25, 0.3) is 53.5 Å². The average Bonchev–Trinajstić information content (AvgIpc) is 3.91. The van der Waals surface area contributed by atoms with Crippen LogP contribution in [-0.2, 0) is 5.41 Å². The maximum absolute atomic E-state index is 4.80. The van der Waals surface area contributed by atoms with Crippen molar-refractivity contribution in [2.45, 2.75) is 110 Å². The van der Waals surface area contributed by atoms with Crippen LogP contribution in [0.2, 0.25) is 0 Å². The van der Waals surface area contributed by atoms with E-state index in [1.54, 1.807) is 11.1 Å². The molecule has 1 aliphatic rings. The molecule has 5 heteroatoms. The quantitative estimate of drug-likeness (QED) is 0.100. The van der Waals surface area contributed by atoms with E-state index in [4.69, 9.17) is 8.75 Å². The van der Waals surface area contributed by atoms with Crippen LogP contribution in [-0.4, -0.2) is 8.75 Å². The van der Waals surface area contributed by atoms with Crippen LogP contribution in [0.15, 0.2) is 72.8 Å². The minimum atomic E-state index is 0.0969. The lowest BCUT2D eigenvalue weighted by Crippen LogP contribution is -2.25. The molecule has 1 aliphatic carbocycles. The molecule has 1 atom stereocenters. The fourth-order valence-corrected chi connectivity index (χ4v) is 10.5. The van der Waals surface area contributed by atoms with Crippen LogP contribution in [0.4, 0.5) is 0 Å². The van der Waals surface area contributed by atoms with Crippen LogP contribution in [0.5, 0.6) is 0 Å². The number of benzene rings is 3. The largest absolute Gasteiger partial charge is 0.172 e. The van der Waals surface area contributed by atoms with Crippen molar-refractivity contribution in [1.82, 2.24) is 8.75 Å². The van der Waals surface area contributed by atoms with Crippen LogP contribution >= 0.6 is 34.4 Å². The molecule has 48 heavy (non-hydrogen) atoms. The van der Waals surface area contributed by atoms with Crippen LogP contribution < -0.4 is 0 Å². The second-order valence-corrected chi connectivity index (χ2v) is 16.8. The lowest BCUT2D eigenvalue weighted by molar-refractivity contribution is 0.399. The first-order chi connectivity index (χ1) is 23.5. The van der Waals surface area contributed by atoms with Gasteiger partial charge in [0.15, 0.2) is 0 Å². The lowest BCUT2D eigenvalue weighted by Gasteiger charge is -2.33. The van der Waals surface area contributed by atoms with Crippen molar-refractivity contribution in [1.29, 1.82) is 0 Å². The van der Waals surface area contributed by atoms with Crippen molar-refractivity contribution in [2.24, 2.45) is 0 Å². The third-order valence-electron chi connectivity index (χ3n) is 10.5. The van der Waals surface area contributed by atoms with Gasteiger partial charge in [-0.3, -0.25) is 0 Å². The third kappa shape index (κ3) is 6.46. The molecule has 0 saturated carbocycles. The van der Waals surface area contributed by atoms with E-state index >= 15 is 0 Å². The number of hydrogen-bond donors (Lipinski definition) is 0. The highest BCUT2D eigenvalue weighted by Crippen LogP contribution is 2.55. The molecule has 1 unspecified atom stereocenters. The van der Waals surface area contributed by atoms with Gasteiger partial charge in [0.1, 0.15) is 11.0 Å². The smallest absolute Gasteiger partial charge is 0.114 e. The van der Waals surface area contributed by atoms with E-state index in [2.05, 4.69) is 100 Å². The first kappa shape index (κ1) is 33.4. The first-order valence-corrected chi connectivity index (χ1v) is 20.6. The van der Waals surface area contributed by atoms with Gasteiger partial charge in [0, 0.05) is 36.1 Å². The lowest BCUT2D eigenvalue weighted by atomic mass is 9.70. The minimum absolute atomic E-state index is 0.0969. The van der Waals surface area contributed by atoms with E-state index in [0.717, 1.165) is 11.0 Å². The number of unbranched alkanes of at least 4 members (excludes halogenated alkanes) is 8. The van der Waals surface area contributed by atoms with E-state index < -0.39 is 0 Å². The van der Waals surface area contributed by atoms with Gasteiger partial charge in [0.25, 0.3) is 0 Å². The van der Waals surface area contributed by atoms with E-state index in [1.165, 1.54) is 142 Å². The van der Waals surface area contributed by atoms with Gasteiger partial charge in [-0.25, -0.2) is 0 Å². The van der Waals surface area contributed by atoms with Gasteiger partial charge < -0.3 is 0 Å². The summed E-state index contributed by atoms with van der Waals surface area (Å²) in [4.78, 5) is 5.16. The van der Waals surface area contributed by atoms with Gasteiger partial charge in [0.2, 0.25) is 0 Å². The molecule has 248 valence electrons. The Morgan fingerprint density at radius 1 is 0.521 bits per heavy atom. The summed E-state index contributed by atoms with van der Waals surface area (Å²) in [5.41, 5.74) is 13.3. The molecular weight excluding hydrogens is 641 g/mol. The predicted molar refractivity (Wildman–Crippen MR) is 212 cm³/mol. The number of thiophene rings is 2. The number of aryl methyl sites for hydroxylation is 2. The zero-order valence-corrected chi connectivity index (χ0v) is 31.5. The summed E-state index contributed by atoms with van der Waals surface area (Å²) < 4.78 is 9.56. The van der Waals surface area contributed by atoms with Crippen LogP contribution in [0.3, 0.4) is 0 Å². The zero-order valence-electron chi connectivity index (χ0n) is 29.0. The van der Waals surface area contributed by atoms with E-state index in [1.807, 2.05) is 22.7 Å². The van der Waals surface area contributed by atoms with E-state index in [9.17, 15) is 0 Å². The van der Waals surface area contributed by atoms with Gasteiger partial charge in [-0.15, -0.1) is 22.7 Å². The summed E-state index contributed by atoms with van der Waals surface area (Å²) in [6, 6.07) is 28.2. The summed E-state index contributed by atoms with van der Waals surface area (Å²) in [7, 11) is 0. The fraction of sp³-hybridized carbons (Fsp3) is 0.395. The predicted octanol–water partition coefficient (Wildman–Crippen LogP) is 14.4. The summed E-state index contributed by atoms with van der Waals surface area (Å²) in [5.74, 6) is 0. The highest BCUT2D eigenvalue weighted by Gasteiger charge is 2.42. The van der Waals surface area contributed by atoms with Crippen molar-refractivity contribution >= 4 is 45.4 Å². The first-order valence-electron chi connectivity index (χ1n) is 18.2. The summed E-state index contributed by atoms with van der Waals surface area (Å²) in [5, 5.41) is 0. The minimum Gasteiger partial charge on any atom is -0.172 e. The van der Waals surface area contributed by atoms with Crippen LogP contribution in [0, 0.1) is 13.8 Å². The Hall–Kier alpha value is -3.12. The van der Waals surface area contributed by atoms with Crippen molar-refractivity contribution in [2.75, 3.05) is 0 Å². The second kappa shape index (κ2) is 14.8. The Balaban J connectivity index is 1.25. The van der Waals surface area contributed by atoms with Gasteiger partial charge in [-0.05, 0) is 84.8 Å². The number of fused-ring (bicyclic) bond motifs is 4. The Kier molecular flexibility index (Phi) is 10.3. The van der Waals surface area contributed by atoms with Gasteiger partial charge in [-0.1, -0.05) is 126 Å². The maximum Gasteiger partial charge on any atom is 0.114 e. The second-order valence-electron chi connectivity index (χ2n) is 13.9. The molecule has 0 aliphatic heterocycles. The number of hydrogen-bond acceptors (Lipinski definition) is 5. The number of rotatable bonds is 15. The van der Waals surface area contributed by atoms with Gasteiger partial charge >= 0.3 is 0 Å². The van der Waals surface area contributed by atoms with Gasteiger partial charge in [-0.2, -0.15) is 8.75 Å². The molecule has 0 radical (unpaired) electrons. The summed E-state index contributed by atoms with van der Waals surface area (Å²) in [6.07, 6.45) is 15.8. The average molecular weight is 689 g/mol. The molecule has 7 rings (SSSR count). The highest BCUT2D eigenvalue weighted by molar-refractivity contribution is 7.19. The molecule has 6 aromatic rings. The SMILES string of the molecule is CCCCCCCCC1(CCCCCC)c2cc(C)ccc2-c2ccc(-c3ccc(-c4ccc(-c5ccc(C)s5)c5nsnc45)s3)cc21. The van der Waals surface area contributed by atoms with Crippen molar-refractivity contribution < 1.29 is 0 Å². The molecule has 0 N–H and O–H groups in total. The van der Waals surface area contributed by atoms with Crippen molar-refractivity contribution in [3.8, 4) is 42.4 Å². The van der Waals surface area contributed by atoms with E-state index in [-0.39, 0.29) is 5.41 Å². The Morgan fingerprint density at radius 2 is 1.06 bits per heavy atom. The molecule has 2 nitrogen and oxygen atoms in total. The normalized spacial score (nSPS) is 15.3. The Bertz CT molecular complexity index is 2010. The topological polar surface area (TPSA) is 25.8 Å². The number of nitrogens with zero attached hydrogens (tertiary/aromatic N) is 2. The Morgan fingerprint density at radius 3 is 1.73 bits per heavy atom. The van der Waals surface area contributed by atoms with Crippen LogP contribution in [0.1, 0.15) is 112 Å². The molecule has 3 aromatic carbocycles. The van der Waals surface area contributed by atoms with E-state index in [0.29, 0.717) is 0 Å². The summed E-state index contributed by atoms with van der Waals surface area (Å²) in [6.45, 7) is 9.08. The third-order valence-corrected chi connectivity index (χ3v) is 13.2. The maximum atomic E-state index is 4.80. The highest BCUT2D eigenvalue weighted by atomic mass is 32.1. The van der Waals surface area contributed by atoms with Gasteiger partial charge in [0.05, 0.1) is 11.7 Å². The fourth-order valence-electron chi connectivity index (χ4n) is 7.97. The van der Waals surface area contributed by atoms with Crippen molar-refractivity contribution in [3.63, 3.8) is 0 Å². The molecule has 3 aromatic heterocycles. The molecule has 0 spiro atoms. The molecule has 0 fully saturated rings. The monoisotopic (exact) mass is 688 g/mol. The zero-order chi connectivity index (χ0) is 33.1.